The van der Waals surface area contributed by atoms with Gasteiger partial charge in [-0.25, -0.2) is 9.59 Å². The van der Waals surface area contributed by atoms with Gasteiger partial charge in [0.25, 0.3) is 0 Å². The Balaban J connectivity index is 1.74. The Morgan fingerprint density at radius 3 is 2.33 bits per heavy atom. The van der Waals surface area contributed by atoms with Gasteiger partial charge in [-0.3, -0.25) is 4.79 Å². The van der Waals surface area contributed by atoms with Crippen molar-refractivity contribution < 1.29 is 29.3 Å². The number of fused-ring (bicyclic) bond motifs is 1. The number of ether oxygens (including phenoxy) is 1. The molecule has 3 N–H and O–H groups in total. The Morgan fingerprint density at radius 2 is 1.64 bits per heavy atom. The number of nitrogens with one attached hydrogen (secondary N) is 1. The first-order chi connectivity index (χ1) is 17.2. The van der Waals surface area contributed by atoms with Crippen LogP contribution in [0.15, 0.2) is 66.7 Å². The fourth-order valence-electron chi connectivity index (χ4n) is 3.94. The lowest BCUT2D eigenvalue weighted by Gasteiger charge is -2.27. The molecule has 0 saturated heterocycles. The van der Waals surface area contributed by atoms with E-state index in [0.29, 0.717) is 12.2 Å². The fraction of sp³-hybridized carbons (Fsp3) is 0.321. The highest BCUT2D eigenvalue weighted by molar-refractivity contribution is 5.97. The predicted molar refractivity (Wildman–Crippen MR) is 138 cm³/mol. The fourth-order valence-corrected chi connectivity index (χ4v) is 3.94. The van der Waals surface area contributed by atoms with Crippen LogP contribution in [0.1, 0.15) is 31.4 Å². The van der Waals surface area contributed by atoms with Gasteiger partial charge in [0.05, 0.1) is 6.54 Å². The molecule has 0 aliphatic rings. The summed E-state index contributed by atoms with van der Waals surface area (Å²) in [5.41, 5.74) is 2.01. The molecule has 8 heteroatoms. The Hall–Kier alpha value is -3.91. The van der Waals surface area contributed by atoms with Crippen molar-refractivity contribution in [3.05, 3.63) is 77.9 Å². The van der Waals surface area contributed by atoms with E-state index in [0.717, 1.165) is 21.9 Å². The van der Waals surface area contributed by atoms with Crippen LogP contribution < -0.4 is 5.32 Å². The van der Waals surface area contributed by atoms with Crippen LogP contribution in [0.3, 0.4) is 0 Å². The largest absolute Gasteiger partial charge is 0.481 e. The molecule has 3 aromatic carbocycles. The molecular weight excluding hydrogens is 460 g/mol. The quantitative estimate of drug-likeness (QED) is 0.341. The van der Waals surface area contributed by atoms with Gasteiger partial charge in [0.15, 0.2) is 6.10 Å². The zero-order chi connectivity index (χ0) is 26.1. The number of benzene rings is 3. The highest BCUT2D eigenvalue weighted by atomic mass is 16.5. The number of carboxylic acid groups (broad SMARTS) is 1. The number of carbonyl (C=O) groups excluding carboxylic acids is 2. The van der Waals surface area contributed by atoms with E-state index in [2.05, 4.69) is 5.32 Å². The van der Waals surface area contributed by atoms with Crippen LogP contribution in [0, 0.1) is 5.92 Å². The number of rotatable bonds is 11. The highest BCUT2D eigenvalue weighted by Crippen LogP contribution is 2.28. The summed E-state index contributed by atoms with van der Waals surface area (Å²) in [6.45, 7) is 3.93. The lowest BCUT2D eigenvalue weighted by Crippen LogP contribution is -2.45. The number of hydrogen-bond donors (Lipinski definition) is 3. The third kappa shape index (κ3) is 7.55. The maximum Gasteiger partial charge on any atom is 0.337 e. The van der Waals surface area contributed by atoms with Crippen LogP contribution in [0.5, 0.6) is 0 Å². The van der Waals surface area contributed by atoms with E-state index in [-0.39, 0.29) is 31.9 Å². The molecule has 1 unspecified atom stereocenters. The molecule has 0 heterocycles. The number of anilines is 1. The minimum absolute atomic E-state index is 0.0249. The van der Waals surface area contributed by atoms with Gasteiger partial charge < -0.3 is 25.2 Å². The van der Waals surface area contributed by atoms with Gasteiger partial charge in [-0.2, -0.15) is 0 Å². The number of amides is 2. The third-order valence-corrected chi connectivity index (χ3v) is 5.63. The number of aliphatic carboxylic acids is 1. The second-order valence-electron chi connectivity index (χ2n) is 9.04. The summed E-state index contributed by atoms with van der Waals surface area (Å²) in [5, 5.41) is 24.3. The molecule has 0 spiro atoms. The Kier molecular flexibility index (Phi) is 9.41. The van der Waals surface area contributed by atoms with Gasteiger partial charge in [0.2, 0.25) is 0 Å². The molecule has 0 aliphatic heterocycles. The molecule has 1 atom stereocenters. The van der Waals surface area contributed by atoms with E-state index in [1.54, 1.807) is 6.07 Å². The number of urea groups is 1. The van der Waals surface area contributed by atoms with Gasteiger partial charge >= 0.3 is 18.0 Å². The van der Waals surface area contributed by atoms with Crippen molar-refractivity contribution in [2.75, 3.05) is 18.4 Å². The predicted octanol–water partition coefficient (Wildman–Crippen LogP) is 4.45. The molecule has 0 aromatic heterocycles. The van der Waals surface area contributed by atoms with Crippen molar-refractivity contribution in [2.24, 2.45) is 5.92 Å². The first kappa shape index (κ1) is 26.7. The van der Waals surface area contributed by atoms with E-state index in [9.17, 15) is 24.6 Å². The molecule has 3 aromatic rings. The third-order valence-electron chi connectivity index (χ3n) is 5.63. The summed E-state index contributed by atoms with van der Waals surface area (Å²) in [5.74, 6) is -1.67. The van der Waals surface area contributed by atoms with E-state index < -0.39 is 24.1 Å². The average molecular weight is 493 g/mol. The number of nitrogens with zero attached hydrogens (tertiary/aromatic N) is 1. The lowest BCUT2D eigenvalue weighted by atomic mass is 9.98. The van der Waals surface area contributed by atoms with Crippen molar-refractivity contribution in [1.82, 2.24) is 4.90 Å². The number of hydrogen-bond acceptors (Lipinski definition) is 5. The first-order valence-electron chi connectivity index (χ1n) is 11.9. The van der Waals surface area contributed by atoms with Gasteiger partial charge in [-0.15, -0.1) is 0 Å². The SMILES string of the molecule is CC(C)CN(CC(O)C(=O)OCc1ccccc1)C(=O)Nc1ccc2ccccc2c1CCC(=O)O. The topological polar surface area (TPSA) is 116 Å². The lowest BCUT2D eigenvalue weighted by molar-refractivity contribution is -0.155. The molecule has 0 saturated carbocycles. The van der Waals surface area contributed by atoms with E-state index in [1.165, 1.54) is 4.90 Å². The summed E-state index contributed by atoms with van der Waals surface area (Å²) in [4.78, 5) is 38.2. The summed E-state index contributed by atoms with van der Waals surface area (Å²) >= 11 is 0. The van der Waals surface area contributed by atoms with Crippen molar-refractivity contribution in [3.63, 3.8) is 0 Å². The molecule has 0 aliphatic carbocycles. The molecule has 0 fully saturated rings. The minimum atomic E-state index is -1.51. The van der Waals surface area contributed by atoms with E-state index >= 15 is 0 Å². The van der Waals surface area contributed by atoms with Gasteiger partial charge in [0.1, 0.15) is 6.61 Å². The molecule has 36 heavy (non-hydrogen) atoms. The molecular formula is C28H32N2O6. The summed E-state index contributed by atoms with van der Waals surface area (Å²) < 4.78 is 5.21. The molecule has 0 radical (unpaired) electrons. The van der Waals surface area contributed by atoms with Crippen LogP contribution in [-0.4, -0.2) is 52.3 Å². The van der Waals surface area contributed by atoms with Gasteiger partial charge in [-0.1, -0.05) is 74.5 Å². The molecule has 3 rings (SSSR count). The van der Waals surface area contributed by atoms with Crippen molar-refractivity contribution >= 4 is 34.4 Å². The molecule has 0 bridgehead atoms. The Labute approximate surface area is 210 Å². The summed E-state index contributed by atoms with van der Waals surface area (Å²) in [7, 11) is 0. The zero-order valence-corrected chi connectivity index (χ0v) is 20.5. The van der Waals surface area contributed by atoms with Crippen molar-refractivity contribution in [2.45, 2.75) is 39.4 Å². The second kappa shape index (κ2) is 12.7. The van der Waals surface area contributed by atoms with Crippen molar-refractivity contribution in [3.8, 4) is 0 Å². The minimum Gasteiger partial charge on any atom is -0.481 e. The van der Waals surface area contributed by atoms with Crippen LogP contribution in [-0.2, 0) is 27.4 Å². The first-order valence-corrected chi connectivity index (χ1v) is 11.9. The smallest absolute Gasteiger partial charge is 0.337 e. The number of carboxylic acids is 1. The van der Waals surface area contributed by atoms with Gasteiger partial charge in [-0.05, 0) is 40.3 Å². The number of aryl methyl sites for hydroxylation is 1. The number of aliphatic hydroxyl groups excluding tert-OH is 1. The highest BCUT2D eigenvalue weighted by Gasteiger charge is 2.25. The van der Waals surface area contributed by atoms with Crippen LogP contribution in [0.2, 0.25) is 0 Å². The zero-order valence-electron chi connectivity index (χ0n) is 20.5. The number of aliphatic hydroxyl groups is 1. The number of carbonyl (C=O) groups is 3. The van der Waals surface area contributed by atoms with Crippen molar-refractivity contribution in [1.29, 1.82) is 0 Å². The Bertz CT molecular complexity index is 1200. The maximum absolute atomic E-state index is 13.2. The van der Waals surface area contributed by atoms with E-state index in [4.69, 9.17) is 4.74 Å². The average Bonchev–Trinajstić information content (AvgIpc) is 2.86. The maximum atomic E-state index is 13.2. The number of esters is 1. The molecule has 2 amide bonds. The van der Waals surface area contributed by atoms with E-state index in [1.807, 2.05) is 74.5 Å². The second-order valence-corrected chi connectivity index (χ2v) is 9.04. The molecule has 190 valence electrons. The molecule has 8 nitrogen and oxygen atoms in total. The standard InChI is InChI=1S/C28H32N2O6/c1-19(2)16-30(17-25(31)27(34)36-18-20-8-4-3-5-9-20)28(35)29-24-14-12-21-10-6-7-11-22(21)23(24)13-15-26(32)33/h3-12,14,19,25,31H,13,15-18H2,1-2H3,(H,29,35)(H,32,33). The van der Waals surface area contributed by atoms with Crippen LogP contribution >= 0.6 is 0 Å². The Morgan fingerprint density at radius 1 is 0.944 bits per heavy atom. The van der Waals surface area contributed by atoms with Gasteiger partial charge in [0, 0.05) is 18.7 Å². The van der Waals surface area contributed by atoms with Crippen LogP contribution in [0.4, 0.5) is 10.5 Å². The van der Waals surface area contributed by atoms with Crippen LogP contribution in [0.25, 0.3) is 10.8 Å². The summed E-state index contributed by atoms with van der Waals surface area (Å²) in [6.07, 6.45) is -1.36. The monoisotopic (exact) mass is 492 g/mol. The summed E-state index contributed by atoms with van der Waals surface area (Å²) in [6, 6.07) is 19.8. The normalized spacial score (nSPS) is 11.8.